The predicted octanol–water partition coefficient (Wildman–Crippen LogP) is 2.24. The molecule has 0 aliphatic carbocycles. The number of carbonyl (C=O) groups excluding carboxylic acids is 1. The highest BCUT2D eigenvalue weighted by Crippen LogP contribution is 2.13. The lowest BCUT2D eigenvalue weighted by Gasteiger charge is -1.99. The fraction of sp³-hybridized carbons (Fsp3) is 0.308. The molecular formula is C13H15N3O. The third kappa shape index (κ3) is 2.78. The van der Waals surface area contributed by atoms with Crippen molar-refractivity contribution in [3.05, 3.63) is 36.2 Å². The standard InChI is InChI=1S/C13H15N3O/c1-9(2)11(17)8-12-14-13(16-15-12)10-6-4-3-5-7-10/h3-7,9H,8H2,1-2H3,(H,14,15,16). The van der Waals surface area contributed by atoms with Gasteiger partial charge in [-0.3, -0.25) is 9.89 Å². The zero-order valence-corrected chi connectivity index (χ0v) is 9.97. The summed E-state index contributed by atoms with van der Waals surface area (Å²) in [7, 11) is 0. The van der Waals surface area contributed by atoms with Crippen molar-refractivity contribution in [1.82, 2.24) is 15.2 Å². The highest BCUT2D eigenvalue weighted by molar-refractivity contribution is 5.81. The Balaban J connectivity index is 2.14. The van der Waals surface area contributed by atoms with Crippen LogP contribution in [-0.2, 0) is 11.2 Å². The van der Waals surface area contributed by atoms with Gasteiger partial charge in [0.1, 0.15) is 11.6 Å². The highest BCUT2D eigenvalue weighted by atomic mass is 16.1. The summed E-state index contributed by atoms with van der Waals surface area (Å²) >= 11 is 0. The Labute approximate surface area is 100 Å². The second-order valence-electron chi connectivity index (χ2n) is 4.27. The zero-order valence-electron chi connectivity index (χ0n) is 9.97. The molecule has 1 N–H and O–H groups in total. The van der Waals surface area contributed by atoms with Crippen LogP contribution in [0.4, 0.5) is 0 Å². The molecule has 2 aromatic rings. The van der Waals surface area contributed by atoms with E-state index in [0.717, 1.165) is 5.56 Å². The average Bonchev–Trinajstić information content (AvgIpc) is 2.78. The Morgan fingerprint density at radius 2 is 2.00 bits per heavy atom. The van der Waals surface area contributed by atoms with Gasteiger partial charge in [0.2, 0.25) is 0 Å². The van der Waals surface area contributed by atoms with Crippen LogP contribution in [0.25, 0.3) is 11.4 Å². The van der Waals surface area contributed by atoms with Crippen LogP contribution in [0.5, 0.6) is 0 Å². The molecule has 0 spiro atoms. The van der Waals surface area contributed by atoms with E-state index >= 15 is 0 Å². The maximum Gasteiger partial charge on any atom is 0.181 e. The number of nitrogens with zero attached hydrogens (tertiary/aromatic N) is 2. The first kappa shape index (κ1) is 11.5. The van der Waals surface area contributed by atoms with Crippen LogP contribution >= 0.6 is 0 Å². The van der Waals surface area contributed by atoms with Crippen LogP contribution in [0, 0.1) is 5.92 Å². The monoisotopic (exact) mass is 229 g/mol. The Morgan fingerprint density at radius 3 is 2.65 bits per heavy atom. The van der Waals surface area contributed by atoms with E-state index in [2.05, 4.69) is 15.2 Å². The van der Waals surface area contributed by atoms with Gasteiger partial charge in [-0.25, -0.2) is 4.98 Å². The molecule has 88 valence electrons. The molecule has 17 heavy (non-hydrogen) atoms. The first-order chi connectivity index (χ1) is 8.16. The van der Waals surface area contributed by atoms with E-state index in [1.807, 2.05) is 44.2 Å². The molecule has 0 amide bonds. The van der Waals surface area contributed by atoms with Crippen molar-refractivity contribution in [2.24, 2.45) is 5.92 Å². The van der Waals surface area contributed by atoms with Gasteiger partial charge in [-0.1, -0.05) is 44.2 Å². The van der Waals surface area contributed by atoms with E-state index in [0.29, 0.717) is 18.1 Å². The Bertz CT molecular complexity index is 502. The SMILES string of the molecule is CC(C)C(=O)Cc1nc(-c2ccccc2)n[nH]1. The van der Waals surface area contributed by atoms with Crippen LogP contribution in [0.3, 0.4) is 0 Å². The number of benzene rings is 1. The van der Waals surface area contributed by atoms with E-state index in [-0.39, 0.29) is 11.7 Å². The van der Waals surface area contributed by atoms with E-state index in [9.17, 15) is 4.79 Å². The van der Waals surface area contributed by atoms with Crippen molar-refractivity contribution < 1.29 is 4.79 Å². The average molecular weight is 229 g/mol. The molecule has 0 aliphatic rings. The highest BCUT2D eigenvalue weighted by Gasteiger charge is 2.12. The van der Waals surface area contributed by atoms with Crippen molar-refractivity contribution in [2.75, 3.05) is 0 Å². The van der Waals surface area contributed by atoms with Crippen molar-refractivity contribution >= 4 is 5.78 Å². The van der Waals surface area contributed by atoms with Crippen LogP contribution < -0.4 is 0 Å². The number of aromatic amines is 1. The van der Waals surface area contributed by atoms with Crippen LogP contribution in [0.1, 0.15) is 19.7 Å². The summed E-state index contributed by atoms with van der Waals surface area (Å²) in [5.41, 5.74) is 0.951. The molecule has 0 aliphatic heterocycles. The number of hydrogen-bond donors (Lipinski definition) is 1. The first-order valence-corrected chi connectivity index (χ1v) is 5.66. The lowest BCUT2D eigenvalue weighted by atomic mass is 10.1. The van der Waals surface area contributed by atoms with Gasteiger partial charge in [0.25, 0.3) is 0 Å². The van der Waals surface area contributed by atoms with Gasteiger partial charge >= 0.3 is 0 Å². The lowest BCUT2D eigenvalue weighted by molar-refractivity contribution is -0.121. The van der Waals surface area contributed by atoms with Crippen molar-refractivity contribution in [2.45, 2.75) is 20.3 Å². The van der Waals surface area contributed by atoms with Crippen LogP contribution in [0.15, 0.2) is 30.3 Å². The molecule has 2 rings (SSSR count). The lowest BCUT2D eigenvalue weighted by Crippen LogP contribution is -2.11. The van der Waals surface area contributed by atoms with Gasteiger partial charge in [-0.15, -0.1) is 0 Å². The summed E-state index contributed by atoms with van der Waals surface area (Å²) in [4.78, 5) is 15.9. The third-order valence-corrected chi connectivity index (χ3v) is 2.55. The van der Waals surface area contributed by atoms with Crippen molar-refractivity contribution in [3.63, 3.8) is 0 Å². The van der Waals surface area contributed by atoms with Crippen LogP contribution in [0.2, 0.25) is 0 Å². The number of Topliss-reactive ketones (excluding diaryl/α,β-unsaturated/α-hetero) is 1. The maximum atomic E-state index is 11.6. The minimum absolute atomic E-state index is 0.0280. The summed E-state index contributed by atoms with van der Waals surface area (Å²) in [6.07, 6.45) is 0.317. The van der Waals surface area contributed by atoms with Gasteiger partial charge in [0, 0.05) is 11.5 Å². The fourth-order valence-electron chi connectivity index (χ4n) is 1.46. The van der Waals surface area contributed by atoms with Crippen molar-refractivity contribution in [3.8, 4) is 11.4 Å². The number of aromatic nitrogens is 3. The molecule has 0 unspecified atom stereocenters. The molecule has 0 atom stereocenters. The molecule has 4 nitrogen and oxygen atoms in total. The van der Waals surface area contributed by atoms with Gasteiger partial charge in [0.05, 0.1) is 6.42 Å². The molecule has 0 saturated heterocycles. The van der Waals surface area contributed by atoms with Crippen molar-refractivity contribution in [1.29, 1.82) is 0 Å². The quantitative estimate of drug-likeness (QED) is 0.874. The molecule has 0 radical (unpaired) electrons. The van der Waals surface area contributed by atoms with E-state index in [1.54, 1.807) is 0 Å². The summed E-state index contributed by atoms with van der Waals surface area (Å²) in [5.74, 6) is 1.46. The molecule has 1 aromatic heterocycles. The number of hydrogen-bond acceptors (Lipinski definition) is 3. The first-order valence-electron chi connectivity index (χ1n) is 5.66. The second-order valence-corrected chi connectivity index (χ2v) is 4.27. The topological polar surface area (TPSA) is 58.6 Å². The Morgan fingerprint density at radius 1 is 1.29 bits per heavy atom. The third-order valence-electron chi connectivity index (χ3n) is 2.55. The molecule has 0 bridgehead atoms. The number of carbonyl (C=O) groups is 1. The minimum Gasteiger partial charge on any atom is -0.299 e. The van der Waals surface area contributed by atoms with Gasteiger partial charge < -0.3 is 0 Å². The summed E-state index contributed by atoms with van der Waals surface area (Å²) in [6, 6.07) is 9.70. The van der Waals surface area contributed by atoms with Gasteiger partial charge in [-0.05, 0) is 0 Å². The molecule has 1 heterocycles. The zero-order chi connectivity index (χ0) is 12.3. The molecule has 0 fully saturated rings. The van der Waals surface area contributed by atoms with E-state index < -0.39 is 0 Å². The van der Waals surface area contributed by atoms with E-state index in [4.69, 9.17) is 0 Å². The predicted molar refractivity (Wildman–Crippen MR) is 65.4 cm³/mol. The van der Waals surface area contributed by atoms with E-state index in [1.165, 1.54) is 0 Å². The molecule has 4 heteroatoms. The fourth-order valence-corrected chi connectivity index (χ4v) is 1.46. The minimum atomic E-state index is 0.0280. The number of nitrogens with one attached hydrogen (secondary N) is 1. The number of ketones is 1. The largest absolute Gasteiger partial charge is 0.299 e. The molecule has 0 saturated carbocycles. The Kier molecular flexibility index (Phi) is 3.32. The maximum absolute atomic E-state index is 11.6. The van der Waals surface area contributed by atoms with Gasteiger partial charge in [0.15, 0.2) is 5.82 Å². The number of rotatable bonds is 4. The Hall–Kier alpha value is -1.97. The van der Waals surface area contributed by atoms with Crippen LogP contribution in [-0.4, -0.2) is 21.0 Å². The van der Waals surface area contributed by atoms with Gasteiger partial charge in [-0.2, -0.15) is 5.10 Å². The number of H-pyrrole nitrogens is 1. The summed E-state index contributed by atoms with van der Waals surface area (Å²) in [5, 5.41) is 6.92. The normalized spacial score (nSPS) is 10.8. The second kappa shape index (κ2) is 4.91. The molecular weight excluding hydrogens is 214 g/mol. The smallest absolute Gasteiger partial charge is 0.181 e. The summed E-state index contributed by atoms with van der Waals surface area (Å²) < 4.78 is 0. The summed E-state index contributed by atoms with van der Waals surface area (Å²) in [6.45, 7) is 3.77. The molecule has 1 aromatic carbocycles.